The highest BCUT2D eigenvalue weighted by molar-refractivity contribution is 8.02. The van der Waals surface area contributed by atoms with Crippen molar-refractivity contribution >= 4 is 45.6 Å². The van der Waals surface area contributed by atoms with Crippen LogP contribution in [0.1, 0.15) is 24.2 Å². The van der Waals surface area contributed by atoms with Crippen LogP contribution in [-0.4, -0.2) is 74.1 Å². The first-order valence-corrected chi connectivity index (χ1v) is 10.9. The van der Waals surface area contributed by atoms with Gasteiger partial charge in [0, 0.05) is 4.75 Å². The van der Waals surface area contributed by atoms with Gasteiger partial charge in [-0.2, -0.15) is 4.31 Å². The van der Waals surface area contributed by atoms with E-state index in [-0.39, 0.29) is 5.56 Å². The van der Waals surface area contributed by atoms with Crippen LogP contribution in [0.15, 0.2) is 30.3 Å². The molecule has 2 unspecified atom stereocenters. The molecule has 3 aliphatic rings. The lowest BCUT2D eigenvalue weighted by Crippen LogP contribution is -2.68. The number of fused-ring (bicyclic) bond motifs is 1. The number of aliphatic carboxylic acids is 1. The quantitative estimate of drug-likeness (QED) is 0.293. The Bertz CT molecular complexity index is 1040. The zero-order valence-corrected chi connectivity index (χ0v) is 16.8. The van der Waals surface area contributed by atoms with Gasteiger partial charge in [-0.05, 0) is 26.0 Å². The third-order valence-corrected chi connectivity index (χ3v) is 8.44. The van der Waals surface area contributed by atoms with Gasteiger partial charge in [0.05, 0.1) is 5.56 Å². The SMILES string of the molecule is CC1(C)S[C@@H]2[C@H](N3C(C(=O)OC(=O)c4ccccc4)S3(=O)=O)C(=O)N2[C@H]1C(=O)O. The number of hydrogen-bond donors (Lipinski definition) is 1. The highest BCUT2D eigenvalue weighted by Crippen LogP contribution is 2.55. The smallest absolute Gasteiger partial charge is 0.349 e. The Kier molecular flexibility index (Phi) is 4.30. The number of amides is 1. The van der Waals surface area contributed by atoms with E-state index < -0.39 is 61.4 Å². The number of carbonyl (C=O) groups is 4. The van der Waals surface area contributed by atoms with Crippen molar-refractivity contribution in [3.63, 3.8) is 0 Å². The topological polar surface area (TPSA) is 138 Å². The molecule has 0 aromatic heterocycles. The molecule has 1 amide bonds. The third-order valence-electron chi connectivity index (χ3n) is 5.09. The number of rotatable bonds is 4. The third kappa shape index (κ3) is 2.85. The summed E-state index contributed by atoms with van der Waals surface area (Å²) in [6.07, 6.45) is 0. The zero-order valence-electron chi connectivity index (χ0n) is 15.2. The molecular weight excluding hydrogens is 424 g/mol. The molecule has 1 N–H and O–H groups in total. The van der Waals surface area contributed by atoms with Gasteiger partial charge in [-0.1, -0.05) is 18.2 Å². The number of ether oxygens (including phenoxy) is 1. The van der Waals surface area contributed by atoms with E-state index in [9.17, 15) is 32.7 Å². The van der Waals surface area contributed by atoms with Gasteiger partial charge in [0.2, 0.25) is 21.3 Å². The summed E-state index contributed by atoms with van der Waals surface area (Å²) in [4.78, 5) is 49.5. The average Bonchev–Trinajstić information content (AvgIpc) is 3.08. The maximum Gasteiger partial charge on any atom is 0.349 e. The van der Waals surface area contributed by atoms with E-state index in [0.29, 0.717) is 4.31 Å². The number of thioether (sulfide) groups is 1. The molecule has 154 valence electrons. The van der Waals surface area contributed by atoms with Gasteiger partial charge in [-0.25, -0.2) is 22.8 Å². The van der Waals surface area contributed by atoms with Crippen molar-refractivity contribution in [3.8, 4) is 0 Å². The number of carboxylic acids is 1. The minimum Gasteiger partial charge on any atom is -0.480 e. The number of hydrogen-bond acceptors (Lipinski definition) is 8. The van der Waals surface area contributed by atoms with E-state index in [2.05, 4.69) is 4.74 Å². The van der Waals surface area contributed by atoms with Gasteiger partial charge in [0.1, 0.15) is 17.5 Å². The Morgan fingerprint density at radius 1 is 1.17 bits per heavy atom. The summed E-state index contributed by atoms with van der Waals surface area (Å²) in [6, 6.07) is 5.29. The maximum absolute atomic E-state index is 12.6. The molecule has 3 fully saturated rings. The minimum atomic E-state index is -4.13. The van der Waals surface area contributed by atoms with Gasteiger partial charge in [0.15, 0.2) is 0 Å². The Morgan fingerprint density at radius 3 is 2.38 bits per heavy atom. The number of benzene rings is 1. The van der Waals surface area contributed by atoms with E-state index in [0.717, 1.165) is 16.7 Å². The van der Waals surface area contributed by atoms with Crippen LogP contribution in [0.4, 0.5) is 0 Å². The fraction of sp³-hybridized carbons (Fsp3) is 0.412. The molecule has 1 aromatic rings. The van der Waals surface area contributed by atoms with Crippen molar-refractivity contribution < 1.29 is 37.4 Å². The predicted octanol–water partition coefficient (Wildman–Crippen LogP) is -0.143. The van der Waals surface area contributed by atoms with Crippen molar-refractivity contribution in [1.29, 1.82) is 0 Å². The lowest BCUT2D eigenvalue weighted by molar-refractivity contribution is -0.162. The molecule has 5 atom stereocenters. The van der Waals surface area contributed by atoms with E-state index in [1.165, 1.54) is 12.1 Å². The first kappa shape index (κ1) is 19.9. The molecule has 0 radical (unpaired) electrons. The molecule has 0 saturated carbocycles. The molecule has 4 rings (SSSR count). The zero-order chi connectivity index (χ0) is 21.3. The summed E-state index contributed by atoms with van der Waals surface area (Å²) in [5, 5.41) is 6.94. The van der Waals surface area contributed by atoms with Crippen molar-refractivity contribution in [3.05, 3.63) is 35.9 Å². The highest BCUT2D eigenvalue weighted by Gasteiger charge is 2.75. The first-order chi connectivity index (χ1) is 13.5. The molecule has 0 aliphatic carbocycles. The Labute approximate surface area is 169 Å². The summed E-state index contributed by atoms with van der Waals surface area (Å²) in [5.41, 5.74) is 0.0775. The number of carboxylic acid groups (broad SMARTS) is 1. The van der Waals surface area contributed by atoms with Crippen molar-refractivity contribution in [2.75, 3.05) is 0 Å². The minimum absolute atomic E-state index is 0.0775. The van der Waals surface area contributed by atoms with E-state index >= 15 is 0 Å². The van der Waals surface area contributed by atoms with Crippen LogP contribution in [-0.2, 0) is 29.1 Å². The van der Waals surface area contributed by atoms with Gasteiger partial charge in [0.25, 0.3) is 0 Å². The molecule has 10 nitrogen and oxygen atoms in total. The Hall–Kier alpha value is -2.44. The van der Waals surface area contributed by atoms with Gasteiger partial charge < -0.3 is 14.7 Å². The second-order valence-electron chi connectivity index (χ2n) is 7.34. The van der Waals surface area contributed by atoms with Crippen LogP contribution in [0, 0.1) is 0 Å². The van der Waals surface area contributed by atoms with Gasteiger partial charge in [-0.3, -0.25) is 4.79 Å². The molecule has 29 heavy (non-hydrogen) atoms. The molecule has 3 aliphatic heterocycles. The average molecular weight is 440 g/mol. The number of β-lactam (4-membered cyclic amide) rings is 1. The maximum atomic E-state index is 12.6. The van der Waals surface area contributed by atoms with Crippen molar-refractivity contribution in [2.24, 2.45) is 0 Å². The molecule has 1 aromatic carbocycles. The molecular formula is C17H16N2O8S2. The number of esters is 2. The summed E-state index contributed by atoms with van der Waals surface area (Å²) in [6.45, 7) is 3.31. The molecule has 0 spiro atoms. The standard InChI is InChI=1S/C17H16N2O8S2/c1-17(2)10(14(21)22)18-11(20)9(12(18)28-17)19-13(29(19,25)26)16(24)27-15(23)8-6-4-3-5-7-8/h3-7,9-10,12-13H,1-2H3,(H,21,22)/t9-,10+,12-,13?,19?/m1/s1. The van der Waals surface area contributed by atoms with Gasteiger partial charge in [-0.15, -0.1) is 11.8 Å². The van der Waals surface area contributed by atoms with Crippen molar-refractivity contribution in [2.45, 2.75) is 41.4 Å². The van der Waals surface area contributed by atoms with Crippen LogP contribution in [0.25, 0.3) is 0 Å². The number of sulfonamides is 1. The molecule has 3 saturated heterocycles. The fourth-order valence-corrected chi connectivity index (χ4v) is 7.18. The van der Waals surface area contributed by atoms with Crippen LogP contribution in [0.2, 0.25) is 0 Å². The van der Waals surface area contributed by atoms with Gasteiger partial charge >= 0.3 is 17.9 Å². The summed E-state index contributed by atoms with van der Waals surface area (Å²) in [7, 11) is -4.13. The molecule has 3 heterocycles. The largest absolute Gasteiger partial charge is 0.480 e. The highest BCUT2D eigenvalue weighted by atomic mass is 32.2. The Balaban J connectivity index is 1.51. The van der Waals surface area contributed by atoms with Crippen LogP contribution >= 0.6 is 11.8 Å². The van der Waals surface area contributed by atoms with E-state index in [4.69, 9.17) is 0 Å². The normalized spacial score (nSPS) is 33.4. The molecule has 0 bridgehead atoms. The van der Waals surface area contributed by atoms with E-state index in [1.807, 2.05) is 0 Å². The summed E-state index contributed by atoms with van der Waals surface area (Å²) in [5.74, 6) is -4.16. The lowest BCUT2D eigenvalue weighted by atomic mass is 9.96. The monoisotopic (exact) mass is 440 g/mol. The summed E-state index contributed by atoms with van der Waals surface area (Å²) < 4.78 is 29.2. The van der Waals surface area contributed by atoms with Crippen LogP contribution in [0.5, 0.6) is 0 Å². The number of nitrogens with zero attached hydrogens (tertiary/aromatic N) is 2. The Morgan fingerprint density at radius 2 is 1.79 bits per heavy atom. The summed E-state index contributed by atoms with van der Waals surface area (Å²) >= 11 is 1.16. The second-order valence-corrected chi connectivity index (χ2v) is 11.0. The number of carbonyl (C=O) groups excluding carboxylic acids is 3. The lowest BCUT2D eigenvalue weighted by Gasteiger charge is -2.43. The predicted molar refractivity (Wildman–Crippen MR) is 98.9 cm³/mol. The first-order valence-electron chi connectivity index (χ1n) is 8.54. The fourth-order valence-electron chi connectivity index (χ4n) is 3.75. The van der Waals surface area contributed by atoms with E-state index in [1.54, 1.807) is 32.0 Å². The van der Waals surface area contributed by atoms with Crippen LogP contribution in [0.3, 0.4) is 0 Å². The van der Waals surface area contributed by atoms with Crippen LogP contribution < -0.4 is 0 Å². The molecule has 12 heteroatoms. The van der Waals surface area contributed by atoms with Crippen molar-refractivity contribution in [1.82, 2.24) is 9.21 Å². The second kappa shape index (κ2) is 6.28.